The fourth-order valence-electron chi connectivity index (χ4n) is 1.42. The predicted octanol–water partition coefficient (Wildman–Crippen LogP) is 3.48. The molecule has 106 valence electrons. The van der Waals surface area contributed by atoms with Crippen molar-refractivity contribution in [2.45, 2.75) is 6.92 Å². The van der Waals surface area contributed by atoms with Crippen molar-refractivity contribution >= 4 is 28.0 Å². The van der Waals surface area contributed by atoms with E-state index in [9.17, 15) is 18.0 Å². The van der Waals surface area contributed by atoms with Crippen molar-refractivity contribution in [3.8, 4) is 0 Å². The van der Waals surface area contributed by atoms with E-state index in [1.165, 1.54) is 5.51 Å². The number of benzene rings is 1. The van der Waals surface area contributed by atoms with Crippen LogP contribution in [0.4, 0.5) is 23.9 Å². The van der Waals surface area contributed by atoms with Crippen LogP contribution in [0.15, 0.2) is 17.6 Å². The van der Waals surface area contributed by atoms with Gasteiger partial charge in [-0.1, -0.05) is 0 Å². The SMILES string of the molecule is CCOC(=O)c1ncsc1Nc1ccc(F)c(F)c1F. The number of nitrogens with zero attached hydrogens (tertiary/aromatic N) is 1. The number of esters is 1. The lowest BCUT2D eigenvalue weighted by atomic mass is 10.3. The molecule has 0 aliphatic carbocycles. The number of aromatic nitrogens is 1. The molecule has 0 aliphatic heterocycles. The molecule has 0 amide bonds. The second-order valence-electron chi connectivity index (χ2n) is 3.60. The number of hydrogen-bond donors (Lipinski definition) is 1. The summed E-state index contributed by atoms with van der Waals surface area (Å²) in [6.07, 6.45) is 0. The monoisotopic (exact) mass is 302 g/mol. The van der Waals surface area contributed by atoms with Gasteiger partial charge in [0.15, 0.2) is 23.1 Å². The Morgan fingerprint density at radius 1 is 1.35 bits per heavy atom. The van der Waals surface area contributed by atoms with E-state index in [4.69, 9.17) is 4.74 Å². The van der Waals surface area contributed by atoms with Crippen molar-refractivity contribution in [3.63, 3.8) is 0 Å². The number of ether oxygens (including phenoxy) is 1. The van der Waals surface area contributed by atoms with Crippen LogP contribution in [-0.2, 0) is 4.74 Å². The van der Waals surface area contributed by atoms with Crippen molar-refractivity contribution in [2.24, 2.45) is 0 Å². The van der Waals surface area contributed by atoms with E-state index in [1.54, 1.807) is 6.92 Å². The molecule has 2 aromatic rings. The van der Waals surface area contributed by atoms with Gasteiger partial charge >= 0.3 is 5.97 Å². The smallest absolute Gasteiger partial charge is 0.360 e. The van der Waals surface area contributed by atoms with Crippen LogP contribution in [0.5, 0.6) is 0 Å². The lowest BCUT2D eigenvalue weighted by Crippen LogP contribution is -2.08. The van der Waals surface area contributed by atoms with Gasteiger partial charge in [-0.2, -0.15) is 0 Å². The molecule has 0 saturated heterocycles. The van der Waals surface area contributed by atoms with Gasteiger partial charge in [-0.05, 0) is 19.1 Å². The van der Waals surface area contributed by atoms with E-state index < -0.39 is 23.4 Å². The molecule has 0 aliphatic rings. The summed E-state index contributed by atoms with van der Waals surface area (Å²) < 4.78 is 44.2. The molecule has 0 fully saturated rings. The number of halogens is 3. The van der Waals surface area contributed by atoms with E-state index >= 15 is 0 Å². The first-order chi connectivity index (χ1) is 9.54. The molecular weight excluding hydrogens is 293 g/mol. The van der Waals surface area contributed by atoms with Crippen molar-refractivity contribution in [1.29, 1.82) is 0 Å². The standard InChI is InChI=1S/C12H9F3N2O2S/c1-2-19-12(18)10-11(20-5-16-10)17-7-4-3-6(13)8(14)9(7)15/h3-5,17H,2H2,1H3. The van der Waals surface area contributed by atoms with Crippen molar-refractivity contribution in [2.75, 3.05) is 11.9 Å². The van der Waals surface area contributed by atoms with Crippen LogP contribution >= 0.6 is 11.3 Å². The number of nitrogens with one attached hydrogen (secondary N) is 1. The van der Waals surface area contributed by atoms with Gasteiger partial charge in [0.25, 0.3) is 0 Å². The first-order valence-electron chi connectivity index (χ1n) is 5.55. The van der Waals surface area contributed by atoms with Crippen molar-refractivity contribution < 1.29 is 22.7 Å². The molecule has 0 atom stereocenters. The minimum atomic E-state index is -1.59. The van der Waals surface area contributed by atoms with Gasteiger partial charge in [0, 0.05) is 0 Å². The summed E-state index contributed by atoms with van der Waals surface area (Å²) >= 11 is 1.01. The highest BCUT2D eigenvalue weighted by molar-refractivity contribution is 7.14. The molecule has 4 nitrogen and oxygen atoms in total. The molecule has 1 aromatic heterocycles. The summed E-state index contributed by atoms with van der Waals surface area (Å²) in [4.78, 5) is 15.4. The summed E-state index contributed by atoms with van der Waals surface area (Å²) in [5.74, 6) is -4.92. The molecule has 1 N–H and O–H groups in total. The van der Waals surface area contributed by atoms with E-state index in [1.807, 2.05) is 0 Å². The van der Waals surface area contributed by atoms with Gasteiger partial charge in [0.2, 0.25) is 0 Å². The molecule has 0 spiro atoms. The molecule has 8 heteroatoms. The quantitative estimate of drug-likeness (QED) is 0.694. The van der Waals surface area contributed by atoms with Crippen LogP contribution in [0.2, 0.25) is 0 Å². The Hall–Kier alpha value is -2.09. The average molecular weight is 302 g/mol. The Morgan fingerprint density at radius 2 is 2.10 bits per heavy atom. The lowest BCUT2D eigenvalue weighted by molar-refractivity contribution is 0.0521. The van der Waals surface area contributed by atoms with Gasteiger partial charge in [-0.25, -0.2) is 22.9 Å². The van der Waals surface area contributed by atoms with Gasteiger partial charge in [0.1, 0.15) is 5.00 Å². The van der Waals surface area contributed by atoms with Crippen LogP contribution in [0.25, 0.3) is 0 Å². The van der Waals surface area contributed by atoms with Crippen LogP contribution in [0.1, 0.15) is 17.4 Å². The highest BCUT2D eigenvalue weighted by atomic mass is 32.1. The maximum atomic E-state index is 13.5. The van der Waals surface area contributed by atoms with E-state index in [0.717, 1.165) is 23.5 Å². The Balaban J connectivity index is 2.30. The maximum Gasteiger partial charge on any atom is 0.360 e. The third-order valence-corrected chi connectivity index (χ3v) is 3.06. The number of carbonyl (C=O) groups excluding carboxylic acids is 1. The second-order valence-corrected chi connectivity index (χ2v) is 4.45. The van der Waals surface area contributed by atoms with Crippen LogP contribution in [-0.4, -0.2) is 17.6 Å². The summed E-state index contributed by atoms with van der Waals surface area (Å²) in [6, 6.07) is 1.81. The van der Waals surface area contributed by atoms with Crippen molar-refractivity contribution in [3.05, 3.63) is 40.8 Å². The largest absolute Gasteiger partial charge is 0.461 e. The normalized spacial score (nSPS) is 10.4. The summed E-state index contributed by atoms with van der Waals surface area (Å²) in [5, 5.41) is 2.69. The summed E-state index contributed by atoms with van der Waals surface area (Å²) in [6.45, 7) is 1.79. The molecule has 0 bridgehead atoms. The fraction of sp³-hybridized carbons (Fsp3) is 0.167. The number of thiazole rings is 1. The predicted molar refractivity (Wildman–Crippen MR) is 67.7 cm³/mol. The molecule has 0 saturated carbocycles. The number of hydrogen-bond acceptors (Lipinski definition) is 5. The van der Waals surface area contributed by atoms with E-state index in [0.29, 0.717) is 0 Å². The number of carbonyl (C=O) groups is 1. The lowest BCUT2D eigenvalue weighted by Gasteiger charge is -2.07. The summed E-state index contributed by atoms with van der Waals surface area (Å²) in [7, 11) is 0. The molecule has 1 heterocycles. The van der Waals surface area contributed by atoms with Gasteiger partial charge in [-0.3, -0.25) is 0 Å². The highest BCUT2D eigenvalue weighted by Gasteiger charge is 2.19. The third kappa shape index (κ3) is 2.74. The minimum absolute atomic E-state index is 0.0408. The maximum absolute atomic E-state index is 13.5. The highest BCUT2D eigenvalue weighted by Crippen LogP contribution is 2.28. The first kappa shape index (κ1) is 14.3. The molecule has 1 aromatic carbocycles. The minimum Gasteiger partial charge on any atom is -0.461 e. The average Bonchev–Trinajstić information content (AvgIpc) is 2.88. The van der Waals surface area contributed by atoms with Gasteiger partial charge < -0.3 is 10.1 Å². The number of rotatable bonds is 4. The molecule has 2 rings (SSSR count). The zero-order chi connectivity index (χ0) is 14.7. The molecule has 0 unspecified atom stereocenters. The zero-order valence-corrected chi connectivity index (χ0v) is 11.1. The second kappa shape index (κ2) is 5.91. The topological polar surface area (TPSA) is 51.2 Å². The van der Waals surface area contributed by atoms with Crippen molar-refractivity contribution in [1.82, 2.24) is 4.98 Å². The first-order valence-corrected chi connectivity index (χ1v) is 6.43. The third-order valence-electron chi connectivity index (χ3n) is 2.32. The van der Waals surface area contributed by atoms with E-state index in [2.05, 4.69) is 10.3 Å². The Labute approximate surface area is 116 Å². The van der Waals surface area contributed by atoms with Crippen LogP contribution < -0.4 is 5.32 Å². The van der Waals surface area contributed by atoms with Gasteiger partial charge in [-0.15, -0.1) is 11.3 Å². The van der Waals surface area contributed by atoms with E-state index in [-0.39, 0.29) is 23.0 Å². The van der Waals surface area contributed by atoms with Crippen LogP contribution in [0, 0.1) is 17.5 Å². The molecular formula is C12H9F3N2O2S. The van der Waals surface area contributed by atoms with Gasteiger partial charge in [0.05, 0.1) is 17.8 Å². The Kier molecular flexibility index (Phi) is 4.23. The fourth-order valence-corrected chi connectivity index (χ4v) is 2.10. The Bertz CT molecular complexity index is 646. The number of anilines is 2. The molecule has 20 heavy (non-hydrogen) atoms. The zero-order valence-electron chi connectivity index (χ0n) is 10.2. The summed E-state index contributed by atoms with van der Waals surface area (Å²) in [5.41, 5.74) is 1.02. The Morgan fingerprint density at radius 3 is 2.80 bits per heavy atom. The molecule has 0 radical (unpaired) electrons. The van der Waals surface area contributed by atoms with Crippen LogP contribution in [0.3, 0.4) is 0 Å².